The molecule has 0 saturated heterocycles. The average Bonchev–Trinajstić information content (AvgIpc) is 2.86. The summed E-state index contributed by atoms with van der Waals surface area (Å²) >= 11 is 0. The molecular weight excluding hydrogens is 474 g/mol. The quantitative estimate of drug-likeness (QED) is 0.399. The second-order valence-electron chi connectivity index (χ2n) is 9.26. The SMILES string of the molecule is Cc1ccc(S(=O)(=O)Nc2cc(C(=O)Nc3ccccc3C(=O)NC3CCCCC3)ccc2C)cc1. The van der Waals surface area contributed by atoms with Crippen molar-refractivity contribution in [1.82, 2.24) is 5.32 Å². The van der Waals surface area contributed by atoms with Crippen molar-refractivity contribution in [3.05, 3.63) is 89.0 Å². The summed E-state index contributed by atoms with van der Waals surface area (Å²) < 4.78 is 28.3. The van der Waals surface area contributed by atoms with Gasteiger partial charge in [0.05, 0.1) is 21.8 Å². The van der Waals surface area contributed by atoms with Crippen molar-refractivity contribution in [3.63, 3.8) is 0 Å². The van der Waals surface area contributed by atoms with Crippen molar-refractivity contribution in [2.45, 2.75) is 56.9 Å². The second kappa shape index (κ2) is 11.0. The van der Waals surface area contributed by atoms with Crippen LogP contribution < -0.4 is 15.4 Å². The van der Waals surface area contributed by atoms with E-state index in [1.165, 1.54) is 12.5 Å². The number of hydrogen-bond acceptors (Lipinski definition) is 4. The van der Waals surface area contributed by atoms with E-state index < -0.39 is 15.9 Å². The van der Waals surface area contributed by atoms with Crippen LogP contribution in [0.5, 0.6) is 0 Å². The lowest BCUT2D eigenvalue weighted by Gasteiger charge is -2.23. The van der Waals surface area contributed by atoms with E-state index in [0.29, 0.717) is 22.5 Å². The number of aryl methyl sites for hydroxylation is 2. The van der Waals surface area contributed by atoms with Crippen LogP contribution in [0.2, 0.25) is 0 Å². The first-order chi connectivity index (χ1) is 17.2. The monoisotopic (exact) mass is 505 g/mol. The smallest absolute Gasteiger partial charge is 0.261 e. The molecule has 0 spiro atoms. The lowest BCUT2D eigenvalue weighted by atomic mass is 9.95. The van der Waals surface area contributed by atoms with E-state index in [1.807, 2.05) is 6.92 Å². The van der Waals surface area contributed by atoms with Gasteiger partial charge in [-0.1, -0.05) is 55.2 Å². The minimum atomic E-state index is -3.82. The highest BCUT2D eigenvalue weighted by Gasteiger charge is 2.20. The van der Waals surface area contributed by atoms with E-state index >= 15 is 0 Å². The van der Waals surface area contributed by atoms with Crippen LogP contribution in [0.25, 0.3) is 0 Å². The Hall–Kier alpha value is -3.65. The molecule has 4 rings (SSSR count). The molecule has 0 aromatic heterocycles. The van der Waals surface area contributed by atoms with Gasteiger partial charge in [-0.05, 0) is 68.7 Å². The van der Waals surface area contributed by atoms with E-state index in [0.717, 1.165) is 31.2 Å². The molecule has 3 N–H and O–H groups in total. The van der Waals surface area contributed by atoms with Gasteiger partial charge in [0.15, 0.2) is 0 Å². The van der Waals surface area contributed by atoms with Crippen LogP contribution in [0.15, 0.2) is 71.6 Å². The maximum Gasteiger partial charge on any atom is 0.261 e. The van der Waals surface area contributed by atoms with Crippen molar-refractivity contribution in [1.29, 1.82) is 0 Å². The number of hydrogen-bond donors (Lipinski definition) is 3. The van der Waals surface area contributed by atoms with Gasteiger partial charge in [-0.3, -0.25) is 14.3 Å². The summed E-state index contributed by atoms with van der Waals surface area (Å²) in [6.07, 6.45) is 5.33. The number of rotatable bonds is 7. The minimum Gasteiger partial charge on any atom is -0.349 e. The Morgan fingerprint density at radius 3 is 2.22 bits per heavy atom. The number of amides is 2. The topological polar surface area (TPSA) is 104 Å². The lowest BCUT2D eigenvalue weighted by molar-refractivity contribution is 0.0928. The Balaban J connectivity index is 1.51. The molecule has 8 heteroatoms. The normalized spacial score (nSPS) is 14.2. The number of carbonyl (C=O) groups is 2. The average molecular weight is 506 g/mol. The highest BCUT2D eigenvalue weighted by Crippen LogP contribution is 2.24. The van der Waals surface area contributed by atoms with E-state index in [1.54, 1.807) is 67.6 Å². The van der Waals surface area contributed by atoms with Crippen molar-refractivity contribution in [3.8, 4) is 0 Å². The zero-order valence-electron chi connectivity index (χ0n) is 20.5. The Labute approximate surface area is 212 Å². The summed E-state index contributed by atoms with van der Waals surface area (Å²) in [5, 5.41) is 5.90. The predicted molar refractivity (Wildman–Crippen MR) is 142 cm³/mol. The van der Waals surface area contributed by atoms with Gasteiger partial charge in [-0.2, -0.15) is 0 Å². The summed E-state index contributed by atoms with van der Waals surface area (Å²) in [5.41, 5.74) is 3.00. The van der Waals surface area contributed by atoms with Gasteiger partial charge >= 0.3 is 0 Å². The molecule has 0 aliphatic heterocycles. The number of carbonyl (C=O) groups excluding carboxylic acids is 2. The summed E-state index contributed by atoms with van der Waals surface area (Å²) in [6.45, 7) is 3.65. The third-order valence-electron chi connectivity index (χ3n) is 6.44. The van der Waals surface area contributed by atoms with Crippen LogP contribution in [-0.2, 0) is 10.0 Å². The molecule has 0 radical (unpaired) electrons. The number of nitrogens with one attached hydrogen (secondary N) is 3. The Kier molecular flexibility index (Phi) is 7.74. The summed E-state index contributed by atoms with van der Waals surface area (Å²) in [6, 6.07) is 18.4. The standard InChI is InChI=1S/C28H31N3O4S/c1-19-12-16-23(17-13-19)36(34,35)31-26-18-21(15-14-20(26)2)27(32)30-25-11-7-6-10-24(25)28(33)29-22-8-4-3-5-9-22/h6-7,10-18,22,31H,3-5,8-9H2,1-2H3,(H,29,33)(H,30,32). The molecule has 2 amide bonds. The molecule has 0 bridgehead atoms. The van der Waals surface area contributed by atoms with Gasteiger partial charge < -0.3 is 10.6 Å². The Bertz CT molecular complexity index is 1360. The molecule has 1 aliphatic carbocycles. The van der Waals surface area contributed by atoms with E-state index in [4.69, 9.17) is 0 Å². The minimum absolute atomic E-state index is 0.139. The maximum absolute atomic E-state index is 13.1. The fourth-order valence-corrected chi connectivity index (χ4v) is 5.41. The van der Waals surface area contributed by atoms with Crippen molar-refractivity contribution < 1.29 is 18.0 Å². The fourth-order valence-electron chi connectivity index (χ4n) is 4.29. The van der Waals surface area contributed by atoms with Gasteiger partial charge in [0.1, 0.15) is 0 Å². The molecule has 3 aromatic carbocycles. The molecule has 1 aliphatic rings. The highest BCUT2D eigenvalue weighted by molar-refractivity contribution is 7.92. The van der Waals surface area contributed by atoms with Gasteiger partial charge in [-0.15, -0.1) is 0 Å². The highest BCUT2D eigenvalue weighted by atomic mass is 32.2. The van der Waals surface area contributed by atoms with E-state index in [9.17, 15) is 18.0 Å². The first-order valence-electron chi connectivity index (χ1n) is 12.1. The molecule has 1 saturated carbocycles. The number of anilines is 2. The van der Waals surface area contributed by atoms with Gasteiger partial charge in [0, 0.05) is 11.6 Å². The van der Waals surface area contributed by atoms with Crippen LogP contribution in [-0.4, -0.2) is 26.3 Å². The lowest BCUT2D eigenvalue weighted by Crippen LogP contribution is -2.36. The largest absolute Gasteiger partial charge is 0.349 e. The molecule has 0 atom stereocenters. The third-order valence-corrected chi connectivity index (χ3v) is 7.82. The van der Waals surface area contributed by atoms with Crippen LogP contribution in [0.1, 0.15) is 63.9 Å². The predicted octanol–water partition coefficient (Wildman–Crippen LogP) is 5.42. The first kappa shape index (κ1) is 25.4. The van der Waals surface area contributed by atoms with Gasteiger partial charge in [0.2, 0.25) is 0 Å². The zero-order chi connectivity index (χ0) is 25.7. The van der Waals surface area contributed by atoms with Crippen molar-refractivity contribution in [2.24, 2.45) is 0 Å². The molecule has 0 unspecified atom stereocenters. The first-order valence-corrected chi connectivity index (χ1v) is 13.6. The van der Waals surface area contributed by atoms with Crippen LogP contribution in [0.3, 0.4) is 0 Å². The van der Waals surface area contributed by atoms with Gasteiger partial charge in [-0.25, -0.2) is 8.42 Å². The maximum atomic E-state index is 13.1. The molecule has 188 valence electrons. The fraction of sp³-hybridized carbons (Fsp3) is 0.286. The third kappa shape index (κ3) is 6.12. The Morgan fingerprint density at radius 1 is 0.806 bits per heavy atom. The van der Waals surface area contributed by atoms with Crippen LogP contribution in [0.4, 0.5) is 11.4 Å². The van der Waals surface area contributed by atoms with Crippen molar-refractivity contribution in [2.75, 3.05) is 10.0 Å². The number of sulfonamides is 1. The summed E-state index contributed by atoms with van der Waals surface area (Å²) in [7, 11) is -3.82. The van der Waals surface area contributed by atoms with Crippen LogP contribution >= 0.6 is 0 Å². The van der Waals surface area contributed by atoms with E-state index in [-0.39, 0.29) is 22.4 Å². The summed E-state index contributed by atoms with van der Waals surface area (Å²) in [4.78, 5) is 26.2. The number of para-hydroxylation sites is 1. The molecule has 0 heterocycles. The van der Waals surface area contributed by atoms with Crippen molar-refractivity contribution >= 4 is 33.2 Å². The Morgan fingerprint density at radius 2 is 1.50 bits per heavy atom. The molecule has 36 heavy (non-hydrogen) atoms. The molecule has 7 nitrogen and oxygen atoms in total. The molecular formula is C28H31N3O4S. The molecule has 1 fully saturated rings. The zero-order valence-corrected chi connectivity index (χ0v) is 21.3. The van der Waals surface area contributed by atoms with Gasteiger partial charge in [0.25, 0.3) is 21.8 Å². The van der Waals surface area contributed by atoms with E-state index in [2.05, 4.69) is 15.4 Å². The molecule has 3 aromatic rings. The number of benzene rings is 3. The van der Waals surface area contributed by atoms with Crippen LogP contribution in [0, 0.1) is 13.8 Å². The summed E-state index contributed by atoms with van der Waals surface area (Å²) in [5.74, 6) is -0.656. The second-order valence-corrected chi connectivity index (χ2v) is 10.9.